The number of carbonyl (C=O) groups excluding carboxylic acids is 1. The van der Waals surface area contributed by atoms with Crippen LogP contribution in [0.1, 0.15) is 27.0 Å². The molecule has 3 aromatic carbocycles. The molecule has 8 heteroatoms. The van der Waals surface area contributed by atoms with Crippen molar-refractivity contribution in [3.63, 3.8) is 0 Å². The Morgan fingerprint density at radius 1 is 1.11 bits per heavy atom. The predicted octanol–water partition coefficient (Wildman–Crippen LogP) is 5.17. The number of nitrogens with zero attached hydrogens (tertiary/aromatic N) is 2. The Bertz CT molecular complexity index is 1470. The molecule has 174 valence electrons. The van der Waals surface area contributed by atoms with Gasteiger partial charge >= 0.3 is 0 Å². The van der Waals surface area contributed by atoms with Gasteiger partial charge in [-0.25, -0.2) is 4.98 Å². The molecule has 0 spiro atoms. The van der Waals surface area contributed by atoms with E-state index in [2.05, 4.69) is 15.3 Å². The molecule has 0 fully saturated rings. The van der Waals surface area contributed by atoms with Crippen molar-refractivity contribution in [3.8, 4) is 23.1 Å². The van der Waals surface area contributed by atoms with Gasteiger partial charge in [0.1, 0.15) is 17.4 Å². The lowest BCUT2D eigenvalue weighted by Gasteiger charge is -2.09. The van der Waals surface area contributed by atoms with Gasteiger partial charge in [-0.3, -0.25) is 9.59 Å². The van der Waals surface area contributed by atoms with E-state index in [9.17, 15) is 14.9 Å². The summed E-state index contributed by atoms with van der Waals surface area (Å²) in [6.45, 7) is 1.97. The third kappa shape index (κ3) is 5.78. The van der Waals surface area contributed by atoms with Crippen LogP contribution in [-0.4, -0.2) is 23.0 Å². The molecule has 0 aliphatic carbocycles. The zero-order chi connectivity index (χ0) is 24.8. The van der Waals surface area contributed by atoms with Crippen molar-refractivity contribution >= 4 is 23.4 Å². The molecule has 35 heavy (non-hydrogen) atoms. The van der Waals surface area contributed by atoms with Crippen molar-refractivity contribution in [1.82, 2.24) is 9.97 Å². The van der Waals surface area contributed by atoms with E-state index in [1.54, 1.807) is 43.5 Å². The van der Waals surface area contributed by atoms with Gasteiger partial charge in [0.05, 0.1) is 12.8 Å². The second-order valence-electron chi connectivity index (χ2n) is 7.75. The minimum Gasteiger partial charge on any atom is -0.497 e. The highest BCUT2D eigenvalue weighted by Crippen LogP contribution is 2.27. The lowest BCUT2D eigenvalue weighted by Crippen LogP contribution is -2.14. The number of amides is 1. The topological polar surface area (TPSA) is 108 Å². The normalized spacial score (nSPS) is 10.4. The fraction of sp³-hybridized carbons (Fsp3) is 0.111. The second-order valence-corrected chi connectivity index (χ2v) is 8.71. The molecule has 1 heterocycles. The number of nitriles is 1. The van der Waals surface area contributed by atoms with Crippen LogP contribution >= 0.6 is 11.8 Å². The number of methoxy groups -OCH3 is 1. The Kier molecular flexibility index (Phi) is 7.29. The quantitative estimate of drug-likeness (QED) is 0.278. The summed E-state index contributed by atoms with van der Waals surface area (Å²) in [5.41, 5.74) is 3.65. The zero-order valence-corrected chi connectivity index (χ0v) is 20.0. The molecule has 0 radical (unpaired) electrons. The summed E-state index contributed by atoms with van der Waals surface area (Å²) < 4.78 is 5.26. The SMILES string of the molecule is COc1cccc(-c2nc(SCc3cccc(NC(=O)c4ccc(C)cc4)c3)[nH]c(=O)c2C#N)c1. The number of hydrogen-bond donors (Lipinski definition) is 2. The second kappa shape index (κ2) is 10.7. The number of anilines is 1. The van der Waals surface area contributed by atoms with Crippen LogP contribution < -0.4 is 15.6 Å². The van der Waals surface area contributed by atoms with E-state index in [-0.39, 0.29) is 11.5 Å². The number of rotatable bonds is 7. The summed E-state index contributed by atoms with van der Waals surface area (Å²) in [6, 6.07) is 23.9. The monoisotopic (exact) mass is 482 g/mol. The number of aryl methyl sites for hydroxylation is 1. The predicted molar refractivity (Wildman–Crippen MR) is 137 cm³/mol. The summed E-state index contributed by atoms with van der Waals surface area (Å²) in [5, 5.41) is 12.8. The van der Waals surface area contributed by atoms with E-state index in [0.29, 0.717) is 39.2 Å². The number of thioether (sulfide) groups is 1. The standard InChI is InChI=1S/C27H22N4O3S/c1-17-9-11-19(12-10-17)25(32)29-21-7-3-5-18(13-21)16-35-27-30-24(23(15-28)26(33)31-27)20-6-4-8-22(14-20)34-2/h3-14H,16H2,1-2H3,(H,29,32)(H,30,31,33). The van der Waals surface area contributed by atoms with Crippen LogP contribution in [0.15, 0.2) is 82.7 Å². The molecule has 4 rings (SSSR count). The fourth-order valence-electron chi connectivity index (χ4n) is 3.40. The average molecular weight is 483 g/mol. The number of nitrogens with one attached hydrogen (secondary N) is 2. The van der Waals surface area contributed by atoms with Crippen LogP contribution in [0.3, 0.4) is 0 Å². The van der Waals surface area contributed by atoms with Crippen LogP contribution in [0.25, 0.3) is 11.3 Å². The van der Waals surface area contributed by atoms with E-state index in [0.717, 1.165) is 11.1 Å². The van der Waals surface area contributed by atoms with E-state index < -0.39 is 5.56 Å². The Labute approximate surface area is 206 Å². The van der Waals surface area contributed by atoms with Gasteiger partial charge in [0, 0.05) is 22.6 Å². The number of benzene rings is 3. The Balaban J connectivity index is 1.52. The van der Waals surface area contributed by atoms with E-state index in [1.807, 2.05) is 49.4 Å². The Morgan fingerprint density at radius 2 is 1.89 bits per heavy atom. The number of carbonyl (C=O) groups is 1. The van der Waals surface area contributed by atoms with Gasteiger partial charge < -0.3 is 15.0 Å². The molecule has 1 aromatic heterocycles. The first-order valence-corrected chi connectivity index (χ1v) is 11.7. The number of hydrogen-bond acceptors (Lipinski definition) is 6. The van der Waals surface area contributed by atoms with Gasteiger partial charge in [-0.2, -0.15) is 5.26 Å². The molecular weight excluding hydrogens is 460 g/mol. The maximum absolute atomic E-state index is 12.6. The summed E-state index contributed by atoms with van der Waals surface area (Å²) in [7, 11) is 1.55. The van der Waals surface area contributed by atoms with Crippen LogP contribution in [0, 0.1) is 18.3 Å². The van der Waals surface area contributed by atoms with E-state index >= 15 is 0 Å². The maximum Gasteiger partial charge on any atom is 0.270 e. The highest BCUT2D eigenvalue weighted by atomic mass is 32.2. The third-order valence-corrected chi connectivity index (χ3v) is 6.17. The average Bonchev–Trinajstić information content (AvgIpc) is 2.87. The smallest absolute Gasteiger partial charge is 0.270 e. The van der Waals surface area contributed by atoms with Crippen LogP contribution in [0.4, 0.5) is 5.69 Å². The third-order valence-electron chi connectivity index (χ3n) is 5.23. The molecule has 1 amide bonds. The molecule has 7 nitrogen and oxygen atoms in total. The van der Waals surface area contributed by atoms with Gasteiger partial charge in [0.2, 0.25) is 0 Å². The zero-order valence-electron chi connectivity index (χ0n) is 19.2. The number of aromatic nitrogens is 2. The Morgan fingerprint density at radius 3 is 2.63 bits per heavy atom. The summed E-state index contributed by atoms with van der Waals surface area (Å²) >= 11 is 1.33. The van der Waals surface area contributed by atoms with Crippen LogP contribution in [0.5, 0.6) is 5.75 Å². The van der Waals surface area contributed by atoms with Gasteiger partial charge in [0.25, 0.3) is 11.5 Å². The van der Waals surface area contributed by atoms with Crippen molar-refractivity contribution < 1.29 is 9.53 Å². The minimum atomic E-state index is -0.498. The highest BCUT2D eigenvalue weighted by Gasteiger charge is 2.15. The van der Waals surface area contributed by atoms with Gasteiger partial charge in [-0.1, -0.05) is 53.7 Å². The van der Waals surface area contributed by atoms with Crippen LogP contribution in [0.2, 0.25) is 0 Å². The molecule has 0 bridgehead atoms. The molecule has 0 aliphatic heterocycles. The summed E-state index contributed by atoms with van der Waals surface area (Å²) in [5.74, 6) is 0.920. The van der Waals surface area contributed by atoms with Crippen molar-refractivity contribution in [2.45, 2.75) is 17.8 Å². The molecule has 0 aliphatic rings. The fourth-order valence-corrected chi connectivity index (χ4v) is 4.21. The molecule has 4 aromatic rings. The van der Waals surface area contributed by atoms with Gasteiger partial charge in [-0.15, -0.1) is 0 Å². The van der Waals surface area contributed by atoms with E-state index in [1.165, 1.54) is 11.8 Å². The van der Waals surface area contributed by atoms with E-state index in [4.69, 9.17) is 4.74 Å². The summed E-state index contributed by atoms with van der Waals surface area (Å²) in [4.78, 5) is 32.3. The lowest BCUT2D eigenvalue weighted by molar-refractivity contribution is 0.102. The number of aromatic amines is 1. The van der Waals surface area contributed by atoms with Gasteiger partial charge in [0.15, 0.2) is 5.16 Å². The molecule has 0 atom stereocenters. The Hall–Kier alpha value is -4.35. The van der Waals surface area contributed by atoms with Crippen molar-refractivity contribution in [3.05, 3.63) is 105 Å². The van der Waals surface area contributed by atoms with Crippen molar-refractivity contribution in [2.24, 2.45) is 0 Å². The van der Waals surface area contributed by atoms with Crippen molar-refractivity contribution in [1.29, 1.82) is 5.26 Å². The largest absolute Gasteiger partial charge is 0.497 e. The first kappa shape index (κ1) is 23.8. The number of H-pyrrole nitrogens is 1. The van der Waals surface area contributed by atoms with Crippen LogP contribution in [-0.2, 0) is 5.75 Å². The van der Waals surface area contributed by atoms with Gasteiger partial charge in [-0.05, 0) is 48.9 Å². The van der Waals surface area contributed by atoms with Crippen molar-refractivity contribution in [2.75, 3.05) is 12.4 Å². The molecule has 0 saturated carbocycles. The molecular formula is C27H22N4O3S. The first-order chi connectivity index (χ1) is 17.0. The lowest BCUT2D eigenvalue weighted by atomic mass is 10.1. The molecule has 0 unspecified atom stereocenters. The number of ether oxygens (including phenoxy) is 1. The summed E-state index contributed by atoms with van der Waals surface area (Å²) in [6.07, 6.45) is 0. The molecule has 2 N–H and O–H groups in total. The molecule has 0 saturated heterocycles. The highest BCUT2D eigenvalue weighted by molar-refractivity contribution is 7.98. The minimum absolute atomic E-state index is 0.0524. The maximum atomic E-state index is 12.6. The first-order valence-electron chi connectivity index (χ1n) is 10.8.